The number of benzene rings is 3. The number of aryl methyl sites for hydroxylation is 3. The normalized spacial score (nSPS) is 10.4. The molecule has 0 amide bonds. The van der Waals surface area contributed by atoms with Crippen LogP contribution in [0.5, 0.6) is 0 Å². The number of hydrogen-bond donors (Lipinski definition) is 0. The summed E-state index contributed by atoms with van der Waals surface area (Å²) in [5.41, 5.74) is 7.24. The van der Waals surface area contributed by atoms with Crippen LogP contribution in [0, 0.1) is 24.6 Å². The van der Waals surface area contributed by atoms with Gasteiger partial charge in [-0.1, -0.05) is 74.6 Å². The van der Waals surface area contributed by atoms with Gasteiger partial charge in [-0.2, -0.15) is 0 Å². The quantitative estimate of drug-likeness (QED) is 0.455. The van der Waals surface area contributed by atoms with Gasteiger partial charge in [-0.05, 0) is 65.8 Å². The molecule has 0 aliphatic heterocycles. The summed E-state index contributed by atoms with van der Waals surface area (Å²) in [5, 5.41) is 0. The molecule has 0 bridgehead atoms. The van der Waals surface area contributed by atoms with E-state index < -0.39 is 0 Å². The van der Waals surface area contributed by atoms with Crippen LogP contribution in [-0.2, 0) is 12.8 Å². The van der Waals surface area contributed by atoms with Crippen LogP contribution < -0.4 is 0 Å². The van der Waals surface area contributed by atoms with Crippen molar-refractivity contribution in [1.29, 1.82) is 0 Å². The number of halogens is 1. The Morgan fingerprint density at radius 2 is 1.44 bits per heavy atom. The van der Waals surface area contributed by atoms with Crippen molar-refractivity contribution in [2.75, 3.05) is 0 Å². The van der Waals surface area contributed by atoms with Crippen LogP contribution in [0.15, 0.2) is 60.7 Å². The Hall–Kier alpha value is -2.85. The zero-order chi connectivity index (χ0) is 19.2. The maximum atomic E-state index is 13.9. The molecule has 0 aliphatic rings. The molecular formula is C26H25F. The number of rotatable bonds is 4. The number of hydrogen-bond acceptors (Lipinski definition) is 0. The maximum absolute atomic E-state index is 13.9. The van der Waals surface area contributed by atoms with Crippen LogP contribution in [0.3, 0.4) is 0 Å². The molecule has 0 N–H and O–H groups in total. The fourth-order valence-electron chi connectivity index (χ4n) is 3.19. The van der Waals surface area contributed by atoms with Gasteiger partial charge in [0.2, 0.25) is 0 Å². The van der Waals surface area contributed by atoms with E-state index in [0.717, 1.165) is 36.0 Å². The van der Waals surface area contributed by atoms with Gasteiger partial charge in [-0.3, -0.25) is 0 Å². The van der Waals surface area contributed by atoms with E-state index in [0.29, 0.717) is 5.56 Å². The summed E-state index contributed by atoms with van der Waals surface area (Å²) in [6.45, 7) is 6.06. The van der Waals surface area contributed by atoms with E-state index in [2.05, 4.69) is 62.1 Å². The first kappa shape index (κ1) is 18.9. The second-order valence-corrected chi connectivity index (χ2v) is 6.89. The summed E-state index contributed by atoms with van der Waals surface area (Å²) < 4.78 is 13.9. The first-order valence-electron chi connectivity index (χ1n) is 9.61. The van der Waals surface area contributed by atoms with Crippen molar-refractivity contribution in [2.45, 2.75) is 40.0 Å². The van der Waals surface area contributed by atoms with Crippen LogP contribution in [0.25, 0.3) is 11.1 Å². The third kappa shape index (κ3) is 4.66. The van der Waals surface area contributed by atoms with Crippen LogP contribution in [0.4, 0.5) is 4.39 Å². The Balaban J connectivity index is 1.81. The van der Waals surface area contributed by atoms with Crippen molar-refractivity contribution >= 4 is 0 Å². The van der Waals surface area contributed by atoms with Gasteiger partial charge in [0.05, 0.1) is 0 Å². The minimum atomic E-state index is -0.196. The zero-order valence-electron chi connectivity index (χ0n) is 16.3. The van der Waals surface area contributed by atoms with Gasteiger partial charge in [-0.25, -0.2) is 4.39 Å². The van der Waals surface area contributed by atoms with Crippen LogP contribution in [0.2, 0.25) is 0 Å². The van der Waals surface area contributed by atoms with Crippen LogP contribution in [-0.4, -0.2) is 0 Å². The highest BCUT2D eigenvalue weighted by atomic mass is 19.1. The lowest BCUT2D eigenvalue weighted by Gasteiger charge is -2.05. The summed E-state index contributed by atoms with van der Waals surface area (Å²) in [6, 6.07) is 20.4. The highest BCUT2D eigenvalue weighted by molar-refractivity contribution is 5.65. The van der Waals surface area contributed by atoms with Gasteiger partial charge in [-0.15, -0.1) is 0 Å². The predicted molar refractivity (Wildman–Crippen MR) is 112 cm³/mol. The van der Waals surface area contributed by atoms with Gasteiger partial charge in [0.25, 0.3) is 0 Å². The Labute approximate surface area is 162 Å². The fraction of sp³-hybridized carbons (Fsp3) is 0.231. The van der Waals surface area contributed by atoms with Gasteiger partial charge in [0, 0.05) is 11.1 Å². The molecule has 1 heteroatoms. The molecule has 3 aromatic rings. The zero-order valence-corrected chi connectivity index (χ0v) is 16.3. The van der Waals surface area contributed by atoms with Gasteiger partial charge in [0.15, 0.2) is 0 Å². The molecule has 3 aromatic carbocycles. The van der Waals surface area contributed by atoms with Crippen LogP contribution in [0.1, 0.15) is 48.1 Å². The van der Waals surface area contributed by atoms with E-state index in [9.17, 15) is 4.39 Å². The van der Waals surface area contributed by atoms with Crippen molar-refractivity contribution in [3.63, 3.8) is 0 Å². The lowest BCUT2D eigenvalue weighted by molar-refractivity contribution is 0.617. The average Bonchev–Trinajstić information content (AvgIpc) is 2.70. The smallest absolute Gasteiger partial charge is 0.127 e. The molecule has 0 spiro atoms. The minimum absolute atomic E-state index is 0.196. The molecule has 27 heavy (non-hydrogen) atoms. The van der Waals surface area contributed by atoms with Gasteiger partial charge >= 0.3 is 0 Å². The topological polar surface area (TPSA) is 0 Å². The Bertz CT molecular complexity index is 968. The molecule has 0 aromatic heterocycles. The molecule has 0 aliphatic carbocycles. The monoisotopic (exact) mass is 356 g/mol. The maximum Gasteiger partial charge on any atom is 0.127 e. The second-order valence-electron chi connectivity index (χ2n) is 6.89. The molecule has 3 rings (SSSR count). The molecule has 0 saturated heterocycles. The van der Waals surface area contributed by atoms with Crippen molar-refractivity contribution < 1.29 is 4.39 Å². The SMILES string of the molecule is CCCc1ccc(-c2ccc(C#Cc3cc(F)c(C)cc3CC)cc2)cc1. The highest BCUT2D eigenvalue weighted by Gasteiger charge is 2.04. The van der Waals surface area contributed by atoms with Crippen molar-refractivity contribution in [3.8, 4) is 23.0 Å². The van der Waals surface area contributed by atoms with Gasteiger partial charge in [0.1, 0.15) is 5.82 Å². The fourth-order valence-corrected chi connectivity index (χ4v) is 3.19. The second kappa shape index (κ2) is 8.69. The molecule has 0 heterocycles. The van der Waals surface area contributed by atoms with Crippen LogP contribution >= 0.6 is 0 Å². The first-order chi connectivity index (χ1) is 13.1. The lowest BCUT2D eigenvalue weighted by Crippen LogP contribution is -1.93. The summed E-state index contributed by atoms with van der Waals surface area (Å²) in [7, 11) is 0. The van der Waals surface area contributed by atoms with E-state index in [1.54, 1.807) is 13.0 Å². The van der Waals surface area contributed by atoms with E-state index in [1.807, 2.05) is 18.2 Å². The Morgan fingerprint density at radius 1 is 0.815 bits per heavy atom. The third-order valence-corrected chi connectivity index (χ3v) is 4.82. The average molecular weight is 356 g/mol. The van der Waals surface area contributed by atoms with Crippen molar-refractivity contribution in [3.05, 3.63) is 94.3 Å². The minimum Gasteiger partial charge on any atom is -0.207 e. The summed E-state index contributed by atoms with van der Waals surface area (Å²) in [6.07, 6.45) is 3.13. The molecule has 0 saturated carbocycles. The molecule has 0 atom stereocenters. The molecule has 0 radical (unpaired) electrons. The Kier molecular flexibility index (Phi) is 6.09. The summed E-state index contributed by atoms with van der Waals surface area (Å²) in [5.74, 6) is 6.11. The Morgan fingerprint density at radius 3 is 2.04 bits per heavy atom. The molecule has 0 unspecified atom stereocenters. The molecule has 136 valence electrons. The van der Waals surface area contributed by atoms with Crippen molar-refractivity contribution in [2.24, 2.45) is 0 Å². The van der Waals surface area contributed by atoms with Crippen molar-refractivity contribution in [1.82, 2.24) is 0 Å². The summed E-state index contributed by atoms with van der Waals surface area (Å²) >= 11 is 0. The molecule has 0 fully saturated rings. The van der Waals surface area contributed by atoms with E-state index >= 15 is 0 Å². The standard InChI is InChI=1S/C26H25F/c1-4-6-20-7-12-23(13-8-20)24-14-9-21(10-15-24)11-16-25-18-26(27)19(3)17-22(25)5-2/h7-10,12-15,17-18H,4-6H2,1-3H3. The largest absolute Gasteiger partial charge is 0.207 e. The molecular weight excluding hydrogens is 331 g/mol. The van der Waals surface area contributed by atoms with Gasteiger partial charge < -0.3 is 0 Å². The summed E-state index contributed by atoms with van der Waals surface area (Å²) in [4.78, 5) is 0. The highest BCUT2D eigenvalue weighted by Crippen LogP contribution is 2.21. The predicted octanol–water partition coefficient (Wildman–Crippen LogP) is 6.72. The lowest BCUT2D eigenvalue weighted by atomic mass is 10.0. The third-order valence-electron chi connectivity index (χ3n) is 4.82. The van der Waals surface area contributed by atoms with E-state index in [1.165, 1.54) is 16.7 Å². The van der Waals surface area contributed by atoms with E-state index in [-0.39, 0.29) is 5.82 Å². The van der Waals surface area contributed by atoms with E-state index in [4.69, 9.17) is 0 Å². The molecule has 0 nitrogen and oxygen atoms in total. The first-order valence-corrected chi connectivity index (χ1v) is 9.61.